The van der Waals surface area contributed by atoms with Gasteiger partial charge in [0.05, 0.1) is 42.8 Å². The van der Waals surface area contributed by atoms with Crippen LogP contribution in [0.1, 0.15) is 20.4 Å². The lowest BCUT2D eigenvalue weighted by Crippen LogP contribution is -2.33. The average molecular weight is 497 g/mol. The van der Waals surface area contributed by atoms with Gasteiger partial charge >= 0.3 is 0 Å². The molecule has 4 rings (SSSR count). The summed E-state index contributed by atoms with van der Waals surface area (Å²) < 4.78 is 10.3. The predicted octanol–water partition coefficient (Wildman–Crippen LogP) is 3.54. The van der Waals surface area contributed by atoms with Crippen LogP contribution in [-0.4, -0.2) is 41.5 Å². The van der Waals surface area contributed by atoms with E-state index in [9.17, 15) is 14.9 Å². The van der Waals surface area contributed by atoms with Crippen LogP contribution in [0.25, 0.3) is 0 Å². The second kappa shape index (κ2) is 10.3. The molecular weight excluding hydrogens is 472 g/mol. The number of nitro groups is 1. The van der Waals surface area contributed by atoms with Crippen molar-refractivity contribution in [3.8, 4) is 11.5 Å². The molecule has 0 saturated heterocycles. The van der Waals surface area contributed by atoms with Gasteiger partial charge in [0.2, 0.25) is 0 Å². The predicted molar refractivity (Wildman–Crippen MR) is 133 cm³/mol. The van der Waals surface area contributed by atoms with Crippen LogP contribution in [0.15, 0.2) is 54.5 Å². The van der Waals surface area contributed by atoms with Crippen molar-refractivity contribution in [1.82, 2.24) is 9.88 Å². The highest BCUT2D eigenvalue weighted by atomic mass is 32.1. The quantitative estimate of drug-likeness (QED) is 0.242. The Hall–Kier alpha value is -4.32. The molecular formula is C23H24N6O5S. The molecule has 0 bridgehead atoms. The fourth-order valence-corrected chi connectivity index (χ4v) is 4.58. The SMILES string of the molecule is COc1ccc(N/C(=C/[N+](=O)[O-])N2CCc3nc(C(=O)Nc4cc(OC)ccc4N)sc3C2)cc1. The number of hydrogen-bond acceptors (Lipinski definition) is 10. The van der Waals surface area contributed by atoms with Gasteiger partial charge in [-0.15, -0.1) is 11.3 Å². The van der Waals surface area contributed by atoms with Crippen LogP contribution < -0.4 is 25.8 Å². The number of nitrogens with zero attached hydrogens (tertiary/aromatic N) is 3. The number of ether oxygens (including phenoxy) is 2. The standard InChI is InChI=1S/C23H24N6O5S/c1-33-15-5-3-14(4-6-15)25-21(13-29(31)32)28-10-9-18-20(12-28)35-23(27-18)22(30)26-19-11-16(34-2)7-8-17(19)24/h3-8,11,13,25H,9-10,12,24H2,1-2H3,(H,26,30)/b21-13-. The van der Waals surface area contributed by atoms with Crippen LogP contribution in [0.4, 0.5) is 17.1 Å². The van der Waals surface area contributed by atoms with Crippen molar-refractivity contribution in [2.45, 2.75) is 13.0 Å². The summed E-state index contributed by atoms with van der Waals surface area (Å²) in [5.41, 5.74) is 8.30. The zero-order valence-electron chi connectivity index (χ0n) is 19.1. The second-order valence-electron chi connectivity index (χ2n) is 7.62. The van der Waals surface area contributed by atoms with Crippen molar-refractivity contribution in [3.63, 3.8) is 0 Å². The maximum absolute atomic E-state index is 12.8. The number of nitrogens with two attached hydrogens (primary N) is 1. The van der Waals surface area contributed by atoms with Gasteiger partial charge in [0.25, 0.3) is 12.1 Å². The molecule has 11 nitrogen and oxygen atoms in total. The van der Waals surface area contributed by atoms with Crippen molar-refractivity contribution in [2.24, 2.45) is 0 Å². The second-order valence-corrected chi connectivity index (χ2v) is 8.70. The van der Waals surface area contributed by atoms with Crippen LogP contribution in [0.3, 0.4) is 0 Å². The molecule has 1 aliphatic heterocycles. The molecule has 182 valence electrons. The molecule has 0 atom stereocenters. The molecule has 3 aromatic rings. The zero-order valence-corrected chi connectivity index (χ0v) is 19.9. The Bertz CT molecular complexity index is 1270. The minimum atomic E-state index is -0.495. The number of fused-ring (bicyclic) bond motifs is 1. The fourth-order valence-electron chi connectivity index (χ4n) is 3.56. The molecule has 1 aromatic heterocycles. The van der Waals surface area contributed by atoms with Gasteiger partial charge in [0, 0.05) is 29.6 Å². The number of carbonyl (C=O) groups excluding carboxylic acids is 1. The topological polar surface area (TPSA) is 145 Å². The fraction of sp³-hybridized carbons (Fsp3) is 0.217. The number of rotatable bonds is 8. The normalized spacial score (nSPS) is 13.1. The molecule has 35 heavy (non-hydrogen) atoms. The molecule has 0 spiro atoms. The van der Waals surface area contributed by atoms with Gasteiger partial charge in [0.1, 0.15) is 11.5 Å². The van der Waals surface area contributed by atoms with E-state index in [0.29, 0.717) is 58.9 Å². The number of nitrogens with one attached hydrogen (secondary N) is 2. The minimum Gasteiger partial charge on any atom is -0.497 e. The lowest BCUT2D eigenvalue weighted by Gasteiger charge is -2.29. The number of carbonyl (C=O) groups is 1. The summed E-state index contributed by atoms with van der Waals surface area (Å²) in [6.07, 6.45) is 1.48. The van der Waals surface area contributed by atoms with Gasteiger partial charge in [-0.25, -0.2) is 4.98 Å². The Kier molecular flexibility index (Phi) is 7.01. The number of methoxy groups -OCH3 is 2. The number of aromatic nitrogens is 1. The lowest BCUT2D eigenvalue weighted by atomic mass is 10.2. The number of hydrogen-bond donors (Lipinski definition) is 3. The summed E-state index contributed by atoms with van der Waals surface area (Å²) in [4.78, 5) is 30.9. The van der Waals surface area contributed by atoms with Crippen molar-refractivity contribution >= 4 is 34.3 Å². The molecule has 4 N–H and O–H groups in total. The summed E-state index contributed by atoms with van der Waals surface area (Å²) >= 11 is 1.25. The molecule has 0 aliphatic carbocycles. The molecule has 0 saturated carbocycles. The van der Waals surface area contributed by atoms with E-state index in [-0.39, 0.29) is 5.91 Å². The summed E-state index contributed by atoms with van der Waals surface area (Å²) in [6, 6.07) is 12.1. The van der Waals surface area contributed by atoms with Crippen LogP contribution in [0.2, 0.25) is 0 Å². The third-order valence-electron chi connectivity index (χ3n) is 5.36. The Morgan fingerprint density at radius 1 is 1.17 bits per heavy atom. The van der Waals surface area contributed by atoms with E-state index >= 15 is 0 Å². The van der Waals surface area contributed by atoms with E-state index in [1.807, 2.05) is 4.90 Å². The molecule has 2 aromatic carbocycles. The van der Waals surface area contributed by atoms with Gasteiger partial charge < -0.3 is 30.7 Å². The first kappa shape index (κ1) is 23.8. The van der Waals surface area contributed by atoms with Crippen LogP contribution in [0, 0.1) is 10.1 Å². The minimum absolute atomic E-state index is 0.294. The van der Waals surface area contributed by atoms with Gasteiger partial charge in [-0.05, 0) is 36.4 Å². The zero-order chi connectivity index (χ0) is 24.9. The Balaban J connectivity index is 1.50. The van der Waals surface area contributed by atoms with Gasteiger partial charge in [-0.3, -0.25) is 14.9 Å². The van der Waals surface area contributed by atoms with Gasteiger partial charge in [-0.1, -0.05) is 0 Å². The molecule has 1 amide bonds. The first-order valence-corrected chi connectivity index (χ1v) is 11.4. The van der Waals surface area contributed by atoms with E-state index in [1.165, 1.54) is 18.4 Å². The largest absolute Gasteiger partial charge is 0.497 e. The number of nitrogen functional groups attached to an aromatic ring is 1. The smallest absolute Gasteiger partial charge is 0.284 e. The van der Waals surface area contributed by atoms with E-state index < -0.39 is 4.92 Å². The highest BCUT2D eigenvalue weighted by Crippen LogP contribution is 2.30. The molecule has 0 fully saturated rings. The van der Waals surface area contributed by atoms with Crippen LogP contribution >= 0.6 is 11.3 Å². The number of amides is 1. The van der Waals surface area contributed by atoms with E-state index in [1.54, 1.807) is 49.6 Å². The average Bonchev–Trinajstić information content (AvgIpc) is 3.29. The van der Waals surface area contributed by atoms with Crippen molar-refractivity contribution < 1.29 is 19.2 Å². The van der Waals surface area contributed by atoms with Gasteiger partial charge in [0.15, 0.2) is 10.8 Å². The molecule has 0 radical (unpaired) electrons. The van der Waals surface area contributed by atoms with Crippen molar-refractivity contribution in [2.75, 3.05) is 37.1 Å². The van der Waals surface area contributed by atoms with E-state index in [4.69, 9.17) is 15.2 Å². The third kappa shape index (κ3) is 5.61. The third-order valence-corrected chi connectivity index (χ3v) is 6.45. The maximum atomic E-state index is 12.8. The monoisotopic (exact) mass is 496 g/mol. The summed E-state index contributed by atoms with van der Waals surface area (Å²) in [7, 11) is 3.10. The number of benzene rings is 2. The van der Waals surface area contributed by atoms with Crippen molar-refractivity contribution in [3.05, 3.63) is 80.2 Å². The molecule has 12 heteroatoms. The Morgan fingerprint density at radius 3 is 2.57 bits per heavy atom. The van der Waals surface area contributed by atoms with Crippen LogP contribution in [-0.2, 0) is 13.0 Å². The first-order chi connectivity index (χ1) is 16.9. The maximum Gasteiger partial charge on any atom is 0.284 e. The van der Waals surface area contributed by atoms with Crippen molar-refractivity contribution in [1.29, 1.82) is 0 Å². The Morgan fingerprint density at radius 2 is 1.89 bits per heavy atom. The highest BCUT2D eigenvalue weighted by Gasteiger charge is 2.26. The van der Waals surface area contributed by atoms with Crippen LogP contribution in [0.5, 0.6) is 11.5 Å². The molecule has 0 unspecified atom stereocenters. The number of thiazole rings is 1. The van der Waals surface area contributed by atoms with E-state index in [0.717, 1.165) is 16.8 Å². The Labute approximate surface area is 205 Å². The highest BCUT2D eigenvalue weighted by molar-refractivity contribution is 7.13. The number of anilines is 3. The van der Waals surface area contributed by atoms with E-state index in [2.05, 4.69) is 15.6 Å². The molecule has 2 heterocycles. The molecule has 1 aliphatic rings. The summed E-state index contributed by atoms with van der Waals surface area (Å²) in [5, 5.41) is 17.5. The van der Waals surface area contributed by atoms with Gasteiger partial charge in [-0.2, -0.15) is 0 Å². The lowest BCUT2D eigenvalue weighted by molar-refractivity contribution is -0.404. The summed E-state index contributed by atoms with van der Waals surface area (Å²) in [5.74, 6) is 1.21. The first-order valence-electron chi connectivity index (χ1n) is 10.6. The summed E-state index contributed by atoms with van der Waals surface area (Å²) in [6.45, 7) is 0.883.